The maximum Gasteiger partial charge on any atom is 0.159 e. The summed E-state index contributed by atoms with van der Waals surface area (Å²) >= 11 is 0. The Hall–Kier alpha value is -2.28. The van der Waals surface area contributed by atoms with Crippen molar-refractivity contribution in [2.24, 2.45) is 0 Å². The SMILES string of the molecule is N#Cc1cccc(-c2ccn[c]c2F)c1F. The van der Waals surface area contributed by atoms with E-state index in [9.17, 15) is 8.78 Å². The third kappa shape index (κ3) is 1.63. The topological polar surface area (TPSA) is 36.7 Å². The van der Waals surface area contributed by atoms with E-state index in [1.807, 2.05) is 0 Å². The highest BCUT2D eigenvalue weighted by molar-refractivity contribution is 5.66. The second-order valence-corrected chi connectivity index (χ2v) is 3.06. The van der Waals surface area contributed by atoms with Crippen LogP contribution in [0.4, 0.5) is 8.78 Å². The lowest BCUT2D eigenvalue weighted by atomic mass is 10.0. The minimum Gasteiger partial charge on any atom is -0.251 e. The Morgan fingerprint density at radius 2 is 2.00 bits per heavy atom. The average Bonchev–Trinajstić information content (AvgIpc) is 2.31. The van der Waals surface area contributed by atoms with Crippen LogP contribution in [-0.4, -0.2) is 4.98 Å². The molecule has 0 atom stereocenters. The van der Waals surface area contributed by atoms with Crippen LogP contribution >= 0.6 is 0 Å². The molecule has 1 heterocycles. The lowest BCUT2D eigenvalue weighted by Gasteiger charge is -2.04. The first-order valence-corrected chi connectivity index (χ1v) is 4.45. The standard InChI is InChI=1S/C12H5F2N2/c13-11-7-16-5-4-9(11)10-3-1-2-8(6-15)12(10)14/h1-5H. The van der Waals surface area contributed by atoms with Crippen LogP contribution in [0.2, 0.25) is 0 Å². The van der Waals surface area contributed by atoms with Crippen molar-refractivity contribution in [3.63, 3.8) is 0 Å². The first-order valence-electron chi connectivity index (χ1n) is 4.45. The summed E-state index contributed by atoms with van der Waals surface area (Å²) in [6.07, 6.45) is 3.41. The van der Waals surface area contributed by atoms with Crippen molar-refractivity contribution in [1.29, 1.82) is 5.26 Å². The molecule has 0 bridgehead atoms. The summed E-state index contributed by atoms with van der Waals surface area (Å²) in [6, 6.07) is 7.28. The van der Waals surface area contributed by atoms with Crippen molar-refractivity contribution >= 4 is 0 Å². The minimum atomic E-state index is -0.739. The molecule has 0 saturated carbocycles. The summed E-state index contributed by atoms with van der Waals surface area (Å²) in [5, 5.41) is 8.66. The van der Waals surface area contributed by atoms with Gasteiger partial charge in [-0.3, -0.25) is 4.98 Å². The number of hydrogen-bond acceptors (Lipinski definition) is 2. The van der Waals surface area contributed by atoms with E-state index in [1.165, 1.54) is 30.5 Å². The van der Waals surface area contributed by atoms with Crippen LogP contribution in [0.3, 0.4) is 0 Å². The number of hydrogen-bond donors (Lipinski definition) is 0. The molecule has 0 amide bonds. The molecule has 16 heavy (non-hydrogen) atoms. The second-order valence-electron chi connectivity index (χ2n) is 3.06. The molecule has 2 aromatic rings. The molecule has 2 rings (SSSR count). The number of benzene rings is 1. The van der Waals surface area contributed by atoms with Crippen LogP contribution < -0.4 is 0 Å². The fourth-order valence-corrected chi connectivity index (χ4v) is 1.37. The predicted octanol–water partition coefficient (Wildman–Crippen LogP) is 2.70. The Kier molecular flexibility index (Phi) is 2.61. The Labute approximate surface area is 90.8 Å². The molecule has 1 aromatic carbocycles. The molecular weight excluding hydrogens is 210 g/mol. The zero-order valence-electron chi connectivity index (χ0n) is 8.04. The highest BCUT2D eigenvalue weighted by atomic mass is 19.1. The van der Waals surface area contributed by atoms with Gasteiger partial charge in [-0.1, -0.05) is 12.1 Å². The third-order valence-electron chi connectivity index (χ3n) is 2.12. The van der Waals surface area contributed by atoms with E-state index < -0.39 is 11.6 Å². The monoisotopic (exact) mass is 215 g/mol. The van der Waals surface area contributed by atoms with Gasteiger partial charge in [-0.25, -0.2) is 8.78 Å². The van der Waals surface area contributed by atoms with Crippen LogP contribution in [0.1, 0.15) is 5.56 Å². The molecular formula is C12H5F2N2. The van der Waals surface area contributed by atoms with E-state index in [0.717, 1.165) is 0 Å². The number of aromatic nitrogens is 1. The molecule has 0 aliphatic heterocycles. The van der Waals surface area contributed by atoms with E-state index >= 15 is 0 Å². The number of rotatable bonds is 1. The van der Waals surface area contributed by atoms with Gasteiger partial charge in [-0.05, 0) is 12.1 Å². The largest absolute Gasteiger partial charge is 0.251 e. The third-order valence-corrected chi connectivity index (χ3v) is 2.12. The number of halogens is 2. The van der Waals surface area contributed by atoms with Crippen molar-refractivity contribution < 1.29 is 8.78 Å². The molecule has 77 valence electrons. The summed E-state index contributed by atoms with van der Waals surface area (Å²) < 4.78 is 27.0. The van der Waals surface area contributed by atoms with Crippen molar-refractivity contribution in [1.82, 2.24) is 4.98 Å². The number of pyridine rings is 1. The van der Waals surface area contributed by atoms with Gasteiger partial charge in [0.05, 0.1) is 5.56 Å². The van der Waals surface area contributed by atoms with E-state index in [4.69, 9.17) is 5.26 Å². The van der Waals surface area contributed by atoms with Crippen LogP contribution in [0, 0.1) is 29.2 Å². The molecule has 1 radical (unpaired) electrons. The molecule has 0 fully saturated rings. The van der Waals surface area contributed by atoms with Crippen molar-refractivity contribution in [3.8, 4) is 17.2 Å². The van der Waals surface area contributed by atoms with Gasteiger partial charge < -0.3 is 0 Å². The van der Waals surface area contributed by atoms with E-state index in [1.54, 1.807) is 6.07 Å². The van der Waals surface area contributed by atoms with Crippen LogP contribution in [0.15, 0.2) is 30.5 Å². The maximum absolute atomic E-state index is 13.7. The van der Waals surface area contributed by atoms with Gasteiger partial charge >= 0.3 is 0 Å². The van der Waals surface area contributed by atoms with Crippen LogP contribution in [0.5, 0.6) is 0 Å². The van der Waals surface area contributed by atoms with E-state index in [2.05, 4.69) is 11.2 Å². The van der Waals surface area contributed by atoms with Gasteiger partial charge in [0.15, 0.2) is 5.82 Å². The summed E-state index contributed by atoms with van der Waals surface area (Å²) in [5.41, 5.74) is -0.0338. The smallest absolute Gasteiger partial charge is 0.159 e. The lowest BCUT2D eigenvalue weighted by Crippen LogP contribution is -1.92. The Morgan fingerprint density at radius 1 is 1.19 bits per heavy atom. The molecule has 4 heteroatoms. The quantitative estimate of drug-likeness (QED) is 0.733. The molecule has 0 aliphatic carbocycles. The molecule has 0 saturated heterocycles. The molecule has 0 spiro atoms. The van der Waals surface area contributed by atoms with Gasteiger partial charge in [0.25, 0.3) is 0 Å². The molecule has 0 unspecified atom stereocenters. The predicted molar refractivity (Wildman–Crippen MR) is 53.1 cm³/mol. The zero-order chi connectivity index (χ0) is 11.5. The summed E-state index contributed by atoms with van der Waals surface area (Å²) in [4.78, 5) is 3.46. The fourth-order valence-electron chi connectivity index (χ4n) is 1.37. The first-order chi connectivity index (χ1) is 7.74. The lowest BCUT2D eigenvalue weighted by molar-refractivity contribution is 0.609. The van der Waals surface area contributed by atoms with Crippen LogP contribution in [-0.2, 0) is 0 Å². The molecule has 1 aromatic heterocycles. The highest BCUT2D eigenvalue weighted by Crippen LogP contribution is 2.26. The number of nitrogens with zero attached hydrogens (tertiary/aromatic N) is 2. The van der Waals surface area contributed by atoms with Crippen molar-refractivity contribution in [2.45, 2.75) is 0 Å². The summed E-state index contributed by atoms with van der Waals surface area (Å²) in [5.74, 6) is -1.47. The number of nitriles is 1. The average molecular weight is 215 g/mol. The Bertz CT molecular complexity index is 573. The van der Waals surface area contributed by atoms with Gasteiger partial charge in [-0.15, -0.1) is 0 Å². The second kappa shape index (κ2) is 4.07. The molecule has 0 N–H and O–H groups in total. The van der Waals surface area contributed by atoms with E-state index in [-0.39, 0.29) is 16.7 Å². The van der Waals surface area contributed by atoms with Gasteiger partial charge in [-0.2, -0.15) is 5.26 Å². The first kappa shape index (κ1) is 10.2. The van der Waals surface area contributed by atoms with Crippen LogP contribution in [0.25, 0.3) is 11.1 Å². The fraction of sp³-hybridized carbons (Fsp3) is 0. The van der Waals surface area contributed by atoms with Gasteiger partial charge in [0, 0.05) is 17.3 Å². The maximum atomic E-state index is 13.7. The minimum absolute atomic E-state index is 0.0372. The van der Waals surface area contributed by atoms with Crippen molar-refractivity contribution in [2.75, 3.05) is 0 Å². The molecule has 0 aliphatic rings. The molecule has 2 nitrogen and oxygen atoms in total. The Balaban J connectivity index is 2.67. The normalized spacial score (nSPS) is 9.81. The van der Waals surface area contributed by atoms with E-state index in [0.29, 0.717) is 0 Å². The van der Waals surface area contributed by atoms with Gasteiger partial charge in [0.2, 0.25) is 0 Å². The van der Waals surface area contributed by atoms with Crippen molar-refractivity contribution in [3.05, 3.63) is 53.9 Å². The summed E-state index contributed by atoms with van der Waals surface area (Å²) in [7, 11) is 0. The zero-order valence-corrected chi connectivity index (χ0v) is 8.04. The Morgan fingerprint density at radius 3 is 2.69 bits per heavy atom. The summed E-state index contributed by atoms with van der Waals surface area (Å²) in [6.45, 7) is 0. The van der Waals surface area contributed by atoms with Gasteiger partial charge in [0.1, 0.15) is 18.1 Å². The highest BCUT2D eigenvalue weighted by Gasteiger charge is 2.12.